The number of benzene rings is 2. The maximum Gasteiger partial charge on any atom is 0.263 e. The van der Waals surface area contributed by atoms with Crippen molar-refractivity contribution in [1.29, 1.82) is 0 Å². The summed E-state index contributed by atoms with van der Waals surface area (Å²) in [7, 11) is 1.63. The molecule has 1 aliphatic heterocycles. The number of halogens is 2. The Morgan fingerprint density at radius 1 is 1.08 bits per heavy atom. The van der Waals surface area contributed by atoms with Gasteiger partial charge in [-0.2, -0.15) is 4.98 Å². The molecule has 1 atom stereocenters. The summed E-state index contributed by atoms with van der Waals surface area (Å²) < 4.78 is 27.9. The number of anilines is 1. The van der Waals surface area contributed by atoms with Crippen molar-refractivity contribution in [2.24, 2.45) is 7.05 Å². The lowest BCUT2D eigenvalue weighted by molar-refractivity contribution is 0.0324. The van der Waals surface area contributed by atoms with Crippen molar-refractivity contribution in [2.75, 3.05) is 24.6 Å². The average molecular weight is 533 g/mol. The zero-order valence-electron chi connectivity index (χ0n) is 20.6. The van der Waals surface area contributed by atoms with Gasteiger partial charge in [-0.15, -0.1) is 0 Å². The lowest BCUT2D eigenvalue weighted by Crippen LogP contribution is -2.39. The van der Waals surface area contributed by atoms with E-state index in [2.05, 4.69) is 15.1 Å². The van der Waals surface area contributed by atoms with Gasteiger partial charge in [0.2, 0.25) is 5.82 Å². The summed E-state index contributed by atoms with van der Waals surface area (Å²) in [5.41, 5.74) is 1.30. The van der Waals surface area contributed by atoms with Gasteiger partial charge in [-0.1, -0.05) is 35.0 Å². The highest BCUT2D eigenvalue weighted by Gasteiger charge is 2.29. The Kier molecular flexibility index (Phi) is 6.13. The van der Waals surface area contributed by atoms with Crippen LogP contribution >= 0.6 is 11.6 Å². The number of aryl methyl sites for hydroxylation is 1. The van der Waals surface area contributed by atoms with Crippen LogP contribution in [0.5, 0.6) is 0 Å². The van der Waals surface area contributed by atoms with Crippen molar-refractivity contribution >= 4 is 28.3 Å². The smallest absolute Gasteiger partial charge is 0.263 e. The molecule has 1 saturated heterocycles. The fourth-order valence-electron chi connectivity index (χ4n) is 4.50. The Morgan fingerprint density at radius 2 is 1.89 bits per heavy atom. The maximum atomic E-state index is 15.1. The van der Waals surface area contributed by atoms with Gasteiger partial charge in [-0.3, -0.25) is 9.36 Å². The van der Waals surface area contributed by atoms with E-state index in [4.69, 9.17) is 25.8 Å². The van der Waals surface area contributed by atoms with Gasteiger partial charge < -0.3 is 14.2 Å². The fraction of sp³-hybridized carbons (Fsp3) is 0.222. The molecular weight excluding hydrogens is 511 g/mol. The average Bonchev–Trinajstić information content (AvgIpc) is 3.42. The normalized spacial score (nSPS) is 15.8. The highest BCUT2D eigenvalue weighted by molar-refractivity contribution is 6.30. The Hall–Kier alpha value is -4.15. The van der Waals surface area contributed by atoms with Crippen LogP contribution in [0.3, 0.4) is 0 Å². The quantitative estimate of drug-likeness (QED) is 0.328. The molecule has 0 radical (unpaired) electrons. The van der Waals surface area contributed by atoms with Gasteiger partial charge in [0.1, 0.15) is 23.6 Å². The molecule has 11 heteroatoms. The predicted octanol–water partition coefficient (Wildman–Crippen LogP) is 4.72. The van der Waals surface area contributed by atoms with Crippen LogP contribution in [0.25, 0.3) is 33.6 Å². The molecule has 0 spiro atoms. The van der Waals surface area contributed by atoms with Crippen LogP contribution < -0.4 is 10.5 Å². The summed E-state index contributed by atoms with van der Waals surface area (Å²) in [6.07, 6.45) is -0.475. The SMILES string of the molecule is Cc1nc2cc(N3CCO[C@H](c4noc(-c5ccccc5)n4)C3)nc(-c3ccc(Cl)cc3F)c2c(=O)n1C. The number of aromatic nitrogens is 5. The molecule has 0 aliphatic carbocycles. The van der Waals surface area contributed by atoms with Crippen molar-refractivity contribution in [1.82, 2.24) is 24.7 Å². The van der Waals surface area contributed by atoms with Gasteiger partial charge in [-0.05, 0) is 37.3 Å². The zero-order chi connectivity index (χ0) is 26.4. The lowest BCUT2D eigenvalue weighted by Gasteiger charge is -2.32. The van der Waals surface area contributed by atoms with Crippen molar-refractivity contribution in [2.45, 2.75) is 13.0 Å². The van der Waals surface area contributed by atoms with Gasteiger partial charge >= 0.3 is 0 Å². The van der Waals surface area contributed by atoms with Gasteiger partial charge in [0.25, 0.3) is 11.4 Å². The Morgan fingerprint density at radius 3 is 2.68 bits per heavy atom. The van der Waals surface area contributed by atoms with Crippen LogP contribution in [-0.2, 0) is 11.8 Å². The van der Waals surface area contributed by atoms with E-state index in [1.165, 1.54) is 16.7 Å². The van der Waals surface area contributed by atoms with Gasteiger partial charge in [0.15, 0.2) is 0 Å². The standard InChI is InChI=1S/C27H22ClFN6O3/c1-15-30-20-13-22(31-24(23(20)27(36)34(15)2)18-9-8-17(28)12-19(18)29)35-10-11-37-21(14-35)25-32-26(38-33-25)16-6-4-3-5-7-16/h3-9,12-13,21H,10-11,14H2,1-2H3/t21-/m0/s1. The van der Waals surface area contributed by atoms with E-state index in [1.807, 2.05) is 35.2 Å². The third-order valence-electron chi connectivity index (χ3n) is 6.60. The van der Waals surface area contributed by atoms with Crippen molar-refractivity contribution in [3.63, 3.8) is 0 Å². The molecular formula is C27H22ClFN6O3. The number of fused-ring (bicyclic) bond motifs is 1. The highest BCUT2D eigenvalue weighted by Crippen LogP contribution is 2.33. The molecule has 0 N–H and O–H groups in total. The number of nitrogens with zero attached hydrogens (tertiary/aromatic N) is 6. The van der Waals surface area contributed by atoms with Crippen LogP contribution in [0, 0.1) is 12.7 Å². The number of pyridine rings is 1. The summed E-state index contributed by atoms with van der Waals surface area (Å²) >= 11 is 5.99. The molecule has 4 heterocycles. The maximum absolute atomic E-state index is 15.1. The van der Waals surface area contributed by atoms with Crippen molar-refractivity contribution in [3.05, 3.63) is 87.4 Å². The second-order valence-corrected chi connectivity index (χ2v) is 9.44. The fourth-order valence-corrected chi connectivity index (χ4v) is 4.66. The summed E-state index contributed by atoms with van der Waals surface area (Å²) in [5, 5.41) is 4.62. The summed E-state index contributed by atoms with van der Waals surface area (Å²) in [5.74, 6) is 1.30. The largest absolute Gasteiger partial charge is 0.366 e. The van der Waals surface area contributed by atoms with Crippen LogP contribution in [-0.4, -0.2) is 44.4 Å². The summed E-state index contributed by atoms with van der Waals surface area (Å²) in [6.45, 7) is 3.02. The van der Waals surface area contributed by atoms with Crippen LogP contribution in [0.1, 0.15) is 17.8 Å². The Balaban J connectivity index is 1.41. The van der Waals surface area contributed by atoms with E-state index in [1.54, 1.807) is 26.1 Å². The second kappa shape index (κ2) is 9.62. The molecule has 2 aromatic carbocycles. The van der Waals surface area contributed by atoms with Gasteiger partial charge in [0.05, 0.1) is 29.7 Å². The minimum absolute atomic E-state index is 0.166. The number of hydrogen-bond acceptors (Lipinski definition) is 8. The minimum atomic E-state index is -0.578. The molecule has 5 aromatic rings. The first-order valence-corrected chi connectivity index (χ1v) is 12.4. The molecule has 0 unspecified atom stereocenters. The third-order valence-corrected chi connectivity index (χ3v) is 6.83. The summed E-state index contributed by atoms with van der Waals surface area (Å²) in [6, 6.07) is 15.5. The van der Waals surface area contributed by atoms with Crippen LogP contribution in [0.4, 0.5) is 10.2 Å². The minimum Gasteiger partial charge on any atom is -0.366 e. The van der Waals surface area contributed by atoms with Gasteiger partial charge in [0, 0.05) is 35.8 Å². The first-order chi connectivity index (χ1) is 18.4. The Labute approximate surface area is 221 Å². The molecule has 0 saturated carbocycles. The molecule has 38 heavy (non-hydrogen) atoms. The molecule has 1 aliphatic rings. The van der Waals surface area contributed by atoms with E-state index >= 15 is 4.39 Å². The van der Waals surface area contributed by atoms with Crippen molar-refractivity contribution < 1.29 is 13.7 Å². The van der Waals surface area contributed by atoms with Crippen LogP contribution in [0.2, 0.25) is 5.02 Å². The van der Waals surface area contributed by atoms with Crippen LogP contribution in [0.15, 0.2) is 63.9 Å². The number of hydrogen-bond donors (Lipinski definition) is 0. The Bertz CT molecular complexity index is 1720. The molecule has 192 valence electrons. The van der Waals surface area contributed by atoms with E-state index < -0.39 is 11.9 Å². The first kappa shape index (κ1) is 24.2. The van der Waals surface area contributed by atoms with E-state index in [0.29, 0.717) is 48.6 Å². The zero-order valence-corrected chi connectivity index (χ0v) is 21.3. The second-order valence-electron chi connectivity index (χ2n) is 9.00. The molecule has 0 amide bonds. The topological polar surface area (TPSA) is 99.2 Å². The first-order valence-electron chi connectivity index (χ1n) is 12.0. The molecule has 6 rings (SSSR count). The number of morpholine rings is 1. The molecule has 9 nitrogen and oxygen atoms in total. The third kappa shape index (κ3) is 4.31. The van der Waals surface area contributed by atoms with E-state index in [-0.39, 0.29) is 27.2 Å². The van der Waals surface area contributed by atoms with Gasteiger partial charge in [-0.25, -0.2) is 14.4 Å². The monoisotopic (exact) mass is 532 g/mol. The molecule has 0 bridgehead atoms. The van der Waals surface area contributed by atoms with E-state index in [0.717, 1.165) is 5.56 Å². The van der Waals surface area contributed by atoms with Crippen molar-refractivity contribution in [3.8, 4) is 22.7 Å². The molecule has 3 aromatic heterocycles. The lowest BCUT2D eigenvalue weighted by atomic mass is 10.1. The predicted molar refractivity (Wildman–Crippen MR) is 141 cm³/mol. The number of rotatable bonds is 4. The molecule has 1 fully saturated rings. The highest BCUT2D eigenvalue weighted by atomic mass is 35.5. The number of ether oxygens (including phenoxy) is 1. The summed E-state index contributed by atoms with van der Waals surface area (Å²) in [4.78, 5) is 29.1. The van der Waals surface area contributed by atoms with E-state index in [9.17, 15) is 4.79 Å².